The highest BCUT2D eigenvalue weighted by molar-refractivity contribution is 6.34. The second-order valence-electron chi connectivity index (χ2n) is 8.07. The molecule has 3 N–H and O–H groups in total. The van der Waals surface area contributed by atoms with Gasteiger partial charge in [0.1, 0.15) is 11.4 Å². The maximum Gasteiger partial charge on any atom is 0.263 e. The Hall–Kier alpha value is -5.05. The summed E-state index contributed by atoms with van der Waals surface area (Å²) >= 11 is 0. The number of anilines is 1. The van der Waals surface area contributed by atoms with E-state index >= 15 is 0 Å². The van der Waals surface area contributed by atoms with Crippen LogP contribution in [0.2, 0.25) is 0 Å². The minimum atomic E-state index is -0.465. The number of carbonyl (C=O) groups is 2. The summed E-state index contributed by atoms with van der Waals surface area (Å²) in [5.41, 5.74) is 3.52. The highest BCUT2D eigenvalue weighted by Crippen LogP contribution is 2.33. The molecular formula is C27H22N6O3. The predicted octanol–water partition coefficient (Wildman–Crippen LogP) is 2.95. The molecule has 4 aromatic rings. The van der Waals surface area contributed by atoms with Crippen molar-refractivity contribution in [2.75, 3.05) is 11.9 Å². The summed E-state index contributed by atoms with van der Waals surface area (Å²) in [5, 5.41) is 5.63. The fourth-order valence-corrected chi connectivity index (χ4v) is 3.89. The Morgan fingerprint density at radius 1 is 1.06 bits per heavy atom. The lowest BCUT2D eigenvalue weighted by Gasteiger charge is -2.07. The van der Waals surface area contributed by atoms with Crippen LogP contribution in [0.3, 0.4) is 0 Å². The molecule has 1 aliphatic heterocycles. The van der Waals surface area contributed by atoms with Gasteiger partial charge in [-0.05, 0) is 48.0 Å². The number of nitrogens with zero attached hydrogens (tertiary/aromatic N) is 3. The van der Waals surface area contributed by atoms with Gasteiger partial charge in [0, 0.05) is 48.3 Å². The molecular weight excluding hydrogens is 456 g/mol. The third-order valence-electron chi connectivity index (χ3n) is 5.64. The van der Waals surface area contributed by atoms with Crippen molar-refractivity contribution in [3.8, 4) is 0 Å². The van der Waals surface area contributed by atoms with Crippen LogP contribution in [0.15, 0.2) is 84.2 Å². The average Bonchev–Trinajstić information content (AvgIpc) is 3.51. The van der Waals surface area contributed by atoms with Gasteiger partial charge in [-0.15, -0.1) is 0 Å². The van der Waals surface area contributed by atoms with Gasteiger partial charge in [-0.2, -0.15) is 0 Å². The zero-order valence-electron chi connectivity index (χ0n) is 19.1. The second kappa shape index (κ2) is 10.1. The zero-order valence-corrected chi connectivity index (χ0v) is 19.1. The van der Waals surface area contributed by atoms with Crippen LogP contribution in [-0.2, 0) is 11.3 Å². The molecule has 0 unspecified atom stereocenters. The first kappa shape index (κ1) is 22.7. The lowest BCUT2D eigenvalue weighted by Crippen LogP contribution is -2.33. The van der Waals surface area contributed by atoms with E-state index < -0.39 is 11.5 Å². The number of carbonyl (C=O) groups excluding carboxylic acids is 2. The summed E-state index contributed by atoms with van der Waals surface area (Å²) in [4.78, 5) is 49.0. The minimum Gasteiger partial charge on any atom is -0.362 e. The first-order valence-corrected chi connectivity index (χ1v) is 11.3. The highest BCUT2D eigenvalue weighted by Gasteiger charge is 2.24. The highest BCUT2D eigenvalue weighted by atomic mass is 16.2. The molecule has 0 atom stereocenters. The summed E-state index contributed by atoms with van der Waals surface area (Å²) in [7, 11) is 0. The van der Waals surface area contributed by atoms with Gasteiger partial charge in [0.15, 0.2) is 0 Å². The van der Waals surface area contributed by atoms with E-state index in [1.165, 1.54) is 10.6 Å². The van der Waals surface area contributed by atoms with Crippen LogP contribution in [0.25, 0.3) is 17.7 Å². The van der Waals surface area contributed by atoms with Crippen molar-refractivity contribution in [3.05, 3.63) is 118 Å². The number of aromatic nitrogens is 4. The van der Waals surface area contributed by atoms with E-state index in [1.807, 2.05) is 42.5 Å². The van der Waals surface area contributed by atoms with E-state index in [4.69, 9.17) is 0 Å². The number of pyridine rings is 1. The molecule has 2 amide bonds. The molecule has 0 bridgehead atoms. The van der Waals surface area contributed by atoms with Crippen LogP contribution in [0.4, 0.5) is 5.69 Å². The lowest BCUT2D eigenvalue weighted by molar-refractivity contribution is -0.110. The van der Waals surface area contributed by atoms with Gasteiger partial charge in [0.2, 0.25) is 0 Å². The molecule has 0 fully saturated rings. The molecule has 36 heavy (non-hydrogen) atoms. The third kappa shape index (κ3) is 4.90. The van der Waals surface area contributed by atoms with E-state index in [0.29, 0.717) is 11.4 Å². The Morgan fingerprint density at radius 3 is 2.72 bits per heavy atom. The fourth-order valence-electron chi connectivity index (χ4n) is 3.89. The van der Waals surface area contributed by atoms with Gasteiger partial charge in [-0.3, -0.25) is 14.4 Å². The molecule has 9 heteroatoms. The molecule has 0 saturated heterocycles. The summed E-state index contributed by atoms with van der Waals surface area (Å²) in [5.74, 6) is -0.133. The maximum absolute atomic E-state index is 12.7. The second-order valence-corrected chi connectivity index (χ2v) is 8.07. The van der Waals surface area contributed by atoms with Crippen LogP contribution < -0.4 is 16.2 Å². The Morgan fingerprint density at radius 2 is 1.92 bits per heavy atom. The summed E-state index contributed by atoms with van der Waals surface area (Å²) in [6, 6.07) is 14.3. The van der Waals surface area contributed by atoms with Crippen molar-refractivity contribution < 1.29 is 9.59 Å². The van der Waals surface area contributed by atoms with Gasteiger partial charge in [-0.1, -0.05) is 24.3 Å². The minimum absolute atomic E-state index is 0.0449. The van der Waals surface area contributed by atoms with E-state index in [2.05, 4.69) is 25.6 Å². The molecule has 1 aromatic carbocycles. The van der Waals surface area contributed by atoms with E-state index in [0.717, 1.165) is 22.5 Å². The Balaban J connectivity index is 1.22. The van der Waals surface area contributed by atoms with Gasteiger partial charge in [0.05, 0.1) is 12.1 Å². The van der Waals surface area contributed by atoms with Crippen molar-refractivity contribution >= 4 is 35.2 Å². The topological polar surface area (TPSA) is 122 Å². The SMILES string of the molecule is O=C1Nc2cc(/C=C/CNC(=O)c3cccn(Cc4ncccn4)c3=O)ccc2C1=Cc1ccc[nH]1. The third-order valence-corrected chi connectivity index (χ3v) is 5.64. The number of amides is 2. The molecule has 0 radical (unpaired) electrons. The normalized spacial score (nSPS) is 13.7. The van der Waals surface area contributed by atoms with Crippen molar-refractivity contribution in [1.82, 2.24) is 24.8 Å². The molecule has 9 nitrogen and oxygen atoms in total. The number of hydrogen-bond donors (Lipinski definition) is 3. The van der Waals surface area contributed by atoms with Crippen LogP contribution in [0.1, 0.15) is 33.0 Å². The molecule has 4 heterocycles. The molecule has 3 aromatic heterocycles. The van der Waals surface area contributed by atoms with Gasteiger partial charge in [0.25, 0.3) is 17.4 Å². The van der Waals surface area contributed by atoms with Crippen molar-refractivity contribution in [3.63, 3.8) is 0 Å². The maximum atomic E-state index is 12.7. The van der Waals surface area contributed by atoms with Crippen molar-refractivity contribution in [2.45, 2.75) is 6.54 Å². The zero-order chi connectivity index (χ0) is 24.9. The van der Waals surface area contributed by atoms with E-state index in [1.54, 1.807) is 43.0 Å². The standard InChI is InChI=1S/C27H22N6O3/c34-25(21-7-3-14-33(27(21)36)17-24-29-12-4-13-30-24)31-11-1-5-18-8-9-20-22(16-19-6-2-10-28-19)26(35)32-23(20)15-18/h1-10,12-16,28H,11,17H2,(H,31,34)(H,32,35)/b5-1+,22-16?. The monoisotopic (exact) mass is 478 g/mol. The molecule has 0 aliphatic carbocycles. The molecule has 1 aliphatic rings. The average molecular weight is 479 g/mol. The predicted molar refractivity (Wildman–Crippen MR) is 137 cm³/mol. The van der Waals surface area contributed by atoms with Crippen LogP contribution in [0, 0.1) is 0 Å². The number of benzene rings is 1. The number of nitrogens with one attached hydrogen (secondary N) is 3. The van der Waals surface area contributed by atoms with E-state index in [9.17, 15) is 14.4 Å². The molecule has 5 rings (SSSR count). The van der Waals surface area contributed by atoms with Gasteiger partial charge < -0.3 is 20.2 Å². The number of rotatable bonds is 7. The van der Waals surface area contributed by atoms with Crippen LogP contribution in [0.5, 0.6) is 0 Å². The molecule has 0 saturated carbocycles. The Labute approximate surface area is 206 Å². The summed E-state index contributed by atoms with van der Waals surface area (Å²) in [6.45, 7) is 0.411. The van der Waals surface area contributed by atoms with Crippen LogP contribution in [-0.4, -0.2) is 37.9 Å². The van der Waals surface area contributed by atoms with Gasteiger partial charge >= 0.3 is 0 Å². The smallest absolute Gasteiger partial charge is 0.263 e. The summed E-state index contributed by atoms with van der Waals surface area (Å²) < 4.78 is 1.40. The number of H-pyrrole nitrogens is 1. The first-order chi connectivity index (χ1) is 17.6. The van der Waals surface area contributed by atoms with E-state index in [-0.39, 0.29) is 24.6 Å². The quantitative estimate of drug-likeness (QED) is 0.353. The molecule has 0 spiro atoms. The lowest BCUT2D eigenvalue weighted by atomic mass is 10.0. The number of fused-ring (bicyclic) bond motifs is 1. The van der Waals surface area contributed by atoms with Gasteiger partial charge in [-0.25, -0.2) is 9.97 Å². The molecule has 178 valence electrons. The largest absolute Gasteiger partial charge is 0.362 e. The van der Waals surface area contributed by atoms with Crippen molar-refractivity contribution in [2.24, 2.45) is 0 Å². The Kier molecular flexibility index (Phi) is 6.35. The van der Waals surface area contributed by atoms with Crippen molar-refractivity contribution in [1.29, 1.82) is 0 Å². The summed E-state index contributed by atoms with van der Waals surface area (Å²) in [6.07, 6.45) is 12.0. The number of hydrogen-bond acceptors (Lipinski definition) is 5. The Bertz CT molecular complexity index is 1540. The first-order valence-electron chi connectivity index (χ1n) is 11.3. The fraction of sp³-hybridized carbons (Fsp3) is 0.0741. The number of aromatic amines is 1. The van der Waals surface area contributed by atoms with Crippen LogP contribution >= 0.6 is 0 Å².